The van der Waals surface area contributed by atoms with E-state index in [1.807, 2.05) is 32.0 Å². The van der Waals surface area contributed by atoms with Gasteiger partial charge in [-0.1, -0.05) is 31.0 Å². The summed E-state index contributed by atoms with van der Waals surface area (Å²) in [5, 5.41) is 20.8. The molecule has 3 N–H and O–H groups in total. The zero-order valence-electron chi connectivity index (χ0n) is 18.4. The van der Waals surface area contributed by atoms with Crippen LogP contribution < -0.4 is 10.6 Å². The molecule has 0 spiro atoms. The van der Waals surface area contributed by atoms with E-state index < -0.39 is 0 Å². The summed E-state index contributed by atoms with van der Waals surface area (Å²) in [6, 6.07) is 13.8. The minimum Gasteiger partial charge on any atom is -0.507 e. The lowest BCUT2D eigenvalue weighted by Gasteiger charge is -2.25. The van der Waals surface area contributed by atoms with E-state index in [1.54, 1.807) is 24.3 Å². The highest BCUT2D eigenvalue weighted by atomic mass is 16.3. The molecule has 0 saturated heterocycles. The van der Waals surface area contributed by atoms with Gasteiger partial charge in [-0.05, 0) is 62.6 Å². The molecule has 32 heavy (non-hydrogen) atoms. The molecule has 2 amide bonds. The first-order valence-electron chi connectivity index (χ1n) is 11.1. The van der Waals surface area contributed by atoms with Crippen molar-refractivity contribution >= 4 is 17.6 Å². The zero-order chi connectivity index (χ0) is 22.7. The summed E-state index contributed by atoms with van der Waals surface area (Å²) in [5.41, 5.74) is 3.99. The second kappa shape index (κ2) is 9.26. The molecule has 2 aromatic carbocycles. The highest BCUT2D eigenvalue weighted by Crippen LogP contribution is 2.39. The fourth-order valence-corrected chi connectivity index (χ4v) is 3.72. The summed E-state index contributed by atoms with van der Waals surface area (Å²) >= 11 is 0. The van der Waals surface area contributed by atoms with E-state index in [0.29, 0.717) is 29.1 Å². The number of hydrogen-bond acceptors (Lipinski definition) is 4. The van der Waals surface area contributed by atoms with Crippen LogP contribution in [0.4, 0.5) is 10.5 Å². The number of benzene rings is 2. The van der Waals surface area contributed by atoms with Crippen molar-refractivity contribution in [1.29, 1.82) is 0 Å². The Morgan fingerprint density at radius 3 is 2.53 bits per heavy atom. The molecule has 0 atom stereocenters. The Morgan fingerprint density at radius 2 is 1.88 bits per heavy atom. The van der Waals surface area contributed by atoms with Gasteiger partial charge in [0.2, 0.25) is 0 Å². The number of phenolic OH excluding ortho intramolecular Hbond substituents is 1. The van der Waals surface area contributed by atoms with E-state index in [0.717, 1.165) is 36.9 Å². The maximum Gasteiger partial charge on any atom is 0.342 e. The minimum absolute atomic E-state index is 0.0390. The quantitative estimate of drug-likeness (QED) is 0.475. The van der Waals surface area contributed by atoms with Crippen LogP contribution in [0.1, 0.15) is 60.1 Å². The van der Waals surface area contributed by atoms with Crippen molar-refractivity contribution in [2.24, 2.45) is 0 Å². The van der Waals surface area contributed by atoms with Gasteiger partial charge in [-0.3, -0.25) is 4.79 Å². The summed E-state index contributed by atoms with van der Waals surface area (Å²) < 4.78 is 1.42. The standard InChI is InChI=1S/C25H28N4O3/c1-3-13-26-25(32)29-22(17-5-4-6-17)15-21(28-29)20-14-19(11-12-23(20)30)27-24(31)18-9-7-16(2)8-10-18/h7-12,14-15,17,30H,3-6,13H2,1-2H3,(H,26,32)(H,27,31). The van der Waals surface area contributed by atoms with Gasteiger partial charge in [-0.2, -0.15) is 9.78 Å². The van der Waals surface area contributed by atoms with Crippen molar-refractivity contribution in [2.75, 3.05) is 11.9 Å². The lowest BCUT2D eigenvalue weighted by atomic mass is 9.82. The highest BCUT2D eigenvalue weighted by molar-refractivity contribution is 6.04. The molecule has 1 heterocycles. The van der Waals surface area contributed by atoms with E-state index in [4.69, 9.17) is 0 Å². The van der Waals surface area contributed by atoms with Crippen LogP contribution in [0.15, 0.2) is 48.5 Å². The fraction of sp³-hybridized carbons (Fsp3) is 0.320. The fourth-order valence-electron chi connectivity index (χ4n) is 3.72. The van der Waals surface area contributed by atoms with Gasteiger partial charge in [-0.25, -0.2) is 4.79 Å². The van der Waals surface area contributed by atoms with Gasteiger partial charge in [0.05, 0.1) is 11.4 Å². The molecule has 7 heteroatoms. The van der Waals surface area contributed by atoms with E-state index in [9.17, 15) is 14.7 Å². The van der Waals surface area contributed by atoms with Crippen LogP contribution in [0.3, 0.4) is 0 Å². The molecule has 1 aliphatic rings. The third kappa shape index (κ3) is 4.51. The van der Waals surface area contributed by atoms with Crippen LogP contribution in [-0.2, 0) is 0 Å². The number of aromatic nitrogens is 2. The Morgan fingerprint density at radius 1 is 1.12 bits per heavy atom. The predicted molar refractivity (Wildman–Crippen MR) is 124 cm³/mol. The minimum atomic E-state index is -0.261. The largest absolute Gasteiger partial charge is 0.507 e. The number of amides is 2. The molecular formula is C25H28N4O3. The molecule has 1 aliphatic carbocycles. The van der Waals surface area contributed by atoms with Gasteiger partial charge in [-0.15, -0.1) is 0 Å². The molecule has 3 aromatic rings. The topological polar surface area (TPSA) is 96.3 Å². The highest BCUT2D eigenvalue weighted by Gasteiger charge is 2.27. The van der Waals surface area contributed by atoms with Gasteiger partial charge in [0.1, 0.15) is 5.75 Å². The van der Waals surface area contributed by atoms with Crippen LogP contribution >= 0.6 is 0 Å². The number of anilines is 1. The van der Waals surface area contributed by atoms with E-state index >= 15 is 0 Å². The normalized spacial score (nSPS) is 13.4. The van der Waals surface area contributed by atoms with Crippen molar-refractivity contribution in [3.05, 3.63) is 65.4 Å². The number of hydrogen-bond donors (Lipinski definition) is 3. The molecule has 0 unspecified atom stereocenters. The molecule has 0 bridgehead atoms. The van der Waals surface area contributed by atoms with E-state index in [2.05, 4.69) is 15.7 Å². The molecule has 1 aromatic heterocycles. The van der Waals surface area contributed by atoms with Gasteiger partial charge < -0.3 is 15.7 Å². The molecule has 0 radical (unpaired) electrons. The van der Waals surface area contributed by atoms with Gasteiger partial charge in [0, 0.05) is 29.3 Å². The van der Waals surface area contributed by atoms with Crippen LogP contribution in [0.2, 0.25) is 0 Å². The number of aromatic hydroxyl groups is 1. The summed E-state index contributed by atoms with van der Waals surface area (Å²) in [7, 11) is 0. The molecule has 166 valence electrons. The van der Waals surface area contributed by atoms with E-state index in [-0.39, 0.29) is 23.6 Å². The van der Waals surface area contributed by atoms with Crippen LogP contribution in [0, 0.1) is 6.92 Å². The average molecular weight is 433 g/mol. The summed E-state index contributed by atoms with van der Waals surface area (Å²) in [5.74, 6) is 0.0913. The van der Waals surface area contributed by atoms with Gasteiger partial charge >= 0.3 is 6.03 Å². The van der Waals surface area contributed by atoms with Gasteiger partial charge in [0.25, 0.3) is 5.91 Å². The molecule has 4 rings (SSSR count). The van der Waals surface area contributed by atoms with Crippen molar-refractivity contribution in [3.63, 3.8) is 0 Å². The molecule has 7 nitrogen and oxygen atoms in total. The number of nitrogens with one attached hydrogen (secondary N) is 2. The van der Waals surface area contributed by atoms with Crippen LogP contribution in [0.25, 0.3) is 11.3 Å². The maximum absolute atomic E-state index is 12.7. The average Bonchev–Trinajstić information content (AvgIpc) is 3.17. The first-order chi connectivity index (χ1) is 15.5. The lowest BCUT2D eigenvalue weighted by molar-refractivity contribution is 0.102. The first kappa shape index (κ1) is 21.6. The van der Waals surface area contributed by atoms with Crippen molar-refractivity contribution in [2.45, 2.75) is 45.4 Å². The molecule has 0 aliphatic heterocycles. The zero-order valence-corrected chi connectivity index (χ0v) is 18.4. The van der Waals surface area contributed by atoms with Crippen molar-refractivity contribution in [3.8, 4) is 17.0 Å². The SMILES string of the molecule is CCCNC(=O)n1nc(-c2cc(NC(=O)c3ccc(C)cc3)ccc2O)cc1C1CCC1. The molecule has 1 saturated carbocycles. The summed E-state index contributed by atoms with van der Waals surface area (Å²) in [4.78, 5) is 25.3. The van der Waals surface area contributed by atoms with Crippen molar-refractivity contribution < 1.29 is 14.7 Å². The van der Waals surface area contributed by atoms with E-state index in [1.165, 1.54) is 10.7 Å². The lowest BCUT2D eigenvalue weighted by Crippen LogP contribution is -2.32. The first-order valence-corrected chi connectivity index (χ1v) is 11.1. The number of aryl methyl sites for hydroxylation is 1. The molecule has 1 fully saturated rings. The van der Waals surface area contributed by atoms with Crippen LogP contribution in [0.5, 0.6) is 5.75 Å². The monoisotopic (exact) mass is 432 g/mol. The Hall–Kier alpha value is -3.61. The number of carbonyl (C=O) groups excluding carboxylic acids is 2. The second-order valence-electron chi connectivity index (χ2n) is 8.28. The second-order valence-corrected chi connectivity index (χ2v) is 8.28. The maximum atomic E-state index is 12.7. The number of phenols is 1. The Balaban J connectivity index is 1.63. The predicted octanol–water partition coefficient (Wildman–Crippen LogP) is 5.05. The van der Waals surface area contributed by atoms with Crippen molar-refractivity contribution in [1.82, 2.24) is 15.1 Å². The Kier molecular flexibility index (Phi) is 6.25. The number of nitrogens with zero attached hydrogens (tertiary/aromatic N) is 2. The summed E-state index contributed by atoms with van der Waals surface area (Å²) in [6.45, 7) is 4.54. The molecular weight excluding hydrogens is 404 g/mol. The van der Waals surface area contributed by atoms with Crippen LogP contribution in [-0.4, -0.2) is 33.4 Å². The number of rotatable bonds is 6. The van der Waals surface area contributed by atoms with Gasteiger partial charge in [0.15, 0.2) is 0 Å². The number of carbonyl (C=O) groups is 2. The summed E-state index contributed by atoms with van der Waals surface area (Å²) in [6.07, 6.45) is 4.01. The third-order valence-corrected chi connectivity index (χ3v) is 5.82. The smallest absolute Gasteiger partial charge is 0.342 e. The Bertz CT molecular complexity index is 1130. The Labute approximate surface area is 187 Å². The third-order valence-electron chi connectivity index (χ3n) is 5.82.